The molecule has 1 saturated heterocycles. The van der Waals surface area contributed by atoms with Gasteiger partial charge >= 0.3 is 0 Å². The Morgan fingerprint density at radius 2 is 2.05 bits per heavy atom. The van der Waals surface area contributed by atoms with Crippen LogP contribution in [0.3, 0.4) is 0 Å². The molecule has 1 fully saturated rings. The Morgan fingerprint density at radius 1 is 1.25 bits per heavy atom. The Bertz CT molecular complexity index is 523. The Morgan fingerprint density at radius 3 is 2.70 bits per heavy atom. The molecule has 0 spiro atoms. The molecule has 112 valence electrons. The van der Waals surface area contributed by atoms with Crippen molar-refractivity contribution in [1.29, 1.82) is 0 Å². The zero-order valence-electron chi connectivity index (χ0n) is 12.4. The summed E-state index contributed by atoms with van der Waals surface area (Å²) in [4.78, 5) is 6.70. The van der Waals surface area contributed by atoms with Crippen molar-refractivity contribution in [2.45, 2.75) is 33.2 Å². The molecule has 0 unspecified atom stereocenters. The maximum Gasteiger partial charge on any atom is 0.151 e. The van der Waals surface area contributed by atoms with Crippen LogP contribution in [0, 0.1) is 5.92 Å². The van der Waals surface area contributed by atoms with Gasteiger partial charge in [0.15, 0.2) is 9.84 Å². The van der Waals surface area contributed by atoms with Gasteiger partial charge in [-0.3, -0.25) is 9.88 Å². The lowest BCUT2D eigenvalue weighted by atomic mass is 10.1. The quantitative estimate of drug-likeness (QED) is 0.851. The highest BCUT2D eigenvalue weighted by atomic mass is 32.2. The largest absolute Gasteiger partial charge is 0.298 e. The molecule has 0 saturated carbocycles. The first-order chi connectivity index (χ1) is 9.44. The lowest BCUT2D eigenvalue weighted by Crippen LogP contribution is -2.26. The van der Waals surface area contributed by atoms with Gasteiger partial charge in [0, 0.05) is 25.0 Å². The van der Waals surface area contributed by atoms with Crippen molar-refractivity contribution < 1.29 is 8.42 Å². The number of rotatable bonds is 4. The van der Waals surface area contributed by atoms with Gasteiger partial charge < -0.3 is 0 Å². The molecular formula is C15H24N2O2S. The summed E-state index contributed by atoms with van der Waals surface area (Å²) < 4.78 is 23.2. The fourth-order valence-electron chi connectivity index (χ4n) is 2.49. The zero-order chi connectivity index (χ0) is 14.6. The number of nitrogens with zero attached hydrogens (tertiary/aromatic N) is 2. The second kappa shape index (κ2) is 6.68. The third-order valence-corrected chi connectivity index (χ3v) is 5.27. The van der Waals surface area contributed by atoms with E-state index >= 15 is 0 Å². The molecule has 0 N–H and O–H groups in total. The van der Waals surface area contributed by atoms with Crippen LogP contribution in [0.15, 0.2) is 18.3 Å². The van der Waals surface area contributed by atoms with Crippen molar-refractivity contribution in [1.82, 2.24) is 9.88 Å². The number of aromatic nitrogens is 1. The predicted octanol–water partition coefficient (Wildman–Crippen LogP) is 1.90. The average Bonchev–Trinajstić information content (AvgIpc) is 2.53. The molecule has 20 heavy (non-hydrogen) atoms. The lowest BCUT2D eigenvalue weighted by Gasteiger charge is -2.19. The van der Waals surface area contributed by atoms with E-state index in [1.165, 1.54) is 0 Å². The van der Waals surface area contributed by atoms with Crippen LogP contribution in [0.4, 0.5) is 0 Å². The third kappa shape index (κ3) is 4.87. The van der Waals surface area contributed by atoms with Gasteiger partial charge in [-0.25, -0.2) is 8.42 Å². The van der Waals surface area contributed by atoms with Crippen LogP contribution in [0.25, 0.3) is 0 Å². The fourth-order valence-corrected chi connectivity index (χ4v) is 3.80. The van der Waals surface area contributed by atoms with Gasteiger partial charge in [-0.15, -0.1) is 0 Å². The van der Waals surface area contributed by atoms with E-state index in [-0.39, 0.29) is 5.75 Å². The number of sulfone groups is 1. The minimum Gasteiger partial charge on any atom is -0.298 e. The standard InChI is InChI=1S/C15H24N2O2S/c1-13(2)10-15-5-4-14(11-16-15)12-17-6-3-8-20(18,19)9-7-17/h4-5,11,13H,3,6-10,12H2,1-2H3. The second-order valence-electron chi connectivity index (χ2n) is 6.04. The molecule has 0 bridgehead atoms. The molecular weight excluding hydrogens is 272 g/mol. The van der Waals surface area contributed by atoms with Gasteiger partial charge in [0.25, 0.3) is 0 Å². The van der Waals surface area contributed by atoms with E-state index in [0.29, 0.717) is 18.2 Å². The van der Waals surface area contributed by atoms with Crippen molar-refractivity contribution in [3.63, 3.8) is 0 Å². The molecule has 5 heteroatoms. The van der Waals surface area contributed by atoms with E-state index < -0.39 is 9.84 Å². The SMILES string of the molecule is CC(C)Cc1ccc(CN2CCCS(=O)(=O)CC2)cn1. The van der Waals surface area contributed by atoms with Crippen molar-refractivity contribution in [2.24, 2.45) is 5.92 Å². The average molecular weight is 296 g/mol. The Hall–Kier alpha value is -0.940. The maximum absolute atomic E-state index is 11.6. The summed E-state index contributed by atoms with van der Waals surface area (Å²) in [6, 6.07) is 4.20. The molecule has 1 aromatic heterocycles. The molecule has 2 heterocycles. The van der Waals surface area contributed by atoms with Gasteiger partial charge in [0.1, 0.15) is 0 Å². The second-order valence-corrected chi connectivity index (χ2v) is 8.34. The summed E-state index contributed by atoms with van der Waals surface area (Å²) in [6.07, 6.45) is 3.67. The van der Waals surface area contributed by atoms with Crippen LogP contribution in [-0.4, -0.2) is 42.9 Å². The highest BCUT2D eigenvalue weighted by Crippen LogP contribution is 2.11. The molecule has 1 aliphatic rings. The molecule has 2 rings (SSSR count). The minimum absolute atomic E-state index is 0.284. The van der Waals surface area contributed by atoms with Gasteiger partial charge in [0.2, 0.25) is 0 Å². The first-order valence-electron chi connectivity index (χ1n) is 7.31. The highest BCUT2D eigenvalue weighted by molar-refractivity contribution is 7.91. The van der Waals surface area contributed by atoms with Crippen molar-refractivity contribution in [3.05, 3.63) is 29.6 Å². The summed E-state index contributed by atoms with van der Waals surface area (Å²) in [6.45, 7) is 6.66. The van der Waals surface area contributed by atoms with Crippen LogP contribution < -0.4 is 0 Å². The first-order valence-corrected chi connectivity index (χ1v) is 9.13. The Balaban J connectivity index is 1.93. The minimum atomic E-state index is -2.82. The molecule has 1 aliphatic heterocycles. The van der Waals surface area contributed by atoms with Crippen molar-refractivity contribution >= 4 is 9.84 Å². The molecule has 0 atom stereocenters. The number of hydrogen-bond acceptors (Lipinski definition) is 4. The van der Waals surface area contributed by atoms with Gasteiger partial charge in [-0.05, 0) is 36.9 Å². The molecule has 4 nitrogen and oxygen atoms in total. The van der Waals surface area contributed by atoms with Crippen LogP contribution in [0.1, 0.15) is 31.5 Å². The highest BCUT2D eigenvalue weighted by Gasteiger charge is 2.19. The summed E-state index contributed by atoms with van der Waals surface area (Å²) in [5.74, 6) is 1.23. The summed E-state index contributed by atoms with van der Waals surface area (Å²) in [5.41, 5.74) is 2.29. The predicted molar refractivity (Wildman–Crippen MR) is 81.3 cm³/mol. The molecule has 0 amide bonds. The van der Waals surface area contributed by atoms with Gasteiger partial charge in [-0.2, -0.15) is 0 Å². The first kappa shape index (κ1) is 15.4. The molecule has 0 aliphatic carbocycles. The smallest absolute Gasteiger partial charge is 0.151 e. The summed E-state index contributed by atoms with van der Waals surface area (Å²) in [5, 5.41) is 0. The van der Waals surface area contributed by atoms with Gasteiger partial charge in [0.05, 0.1) is 11.5 Å². The Kier molecular flexibility index (Phi) is 5.16. The van der Waals surface area contributed by atoms with E-state index in [1.54, 1.807) is 0 Å². The van der Waals surface area contributed by atoms with Crippen LogP contribution in [-0.2, 0) is 22.8 Å². The van der Waals surface area contributed by atoms with E-state index in [1.807, 2.05) is 6.20 Å². The van der Waals surface area contributed by atoms with Crippen LogP contribution >= 0.6 is 0 Å². The molecule has 1 aromatic rings. The lowest BCUT2D eigenvalue weighted by molar-refractivity contribution is 0.287. The summed E-state index contributed by atoms with van der Waals surface area (Å²) in [7, 11) is -2.82. The van der Waals surface area contributed by atoms with E-state index in [0.717, 1.165) is 37.2 Å². The Labute approximate surface area is 122 Å². The van der Waals surface area contributed by atoms with E-state index in [9.17, 15) is 8.42 Å². The number of pyridine rings is 1. The van der Waals surface area contributed by atoms with Crippen LogP contribution in [0.2, 0.25) is 0 Å². The van der Waals surface area contributed by atoms with Crippen molar-refractivity contribution in [2.75, 3.05) is 24.6 Å². The monoisotopic (exact) mass is 296 g/mol. The fraction of sp³-hybridized carbons (Fsp3) is 0.667. The normalized spacial score (nSPS) is 19.9. The summed E-state index contributed by atoms with van der Waals surface area (Å²) >= 11 is 0. The third-order valence-electron chi connectivity index (χ3n) is 3.56. The topological polar surface area (TPSA) is 50.3 Å². The number of hydrogen-bond donors (Lipinski definition) is 0. The van der Waals surface area contributed by atoms with Crippen LogP contribution in [0.5, 0.6) is 0 Å². The van der Waals surface area contributed by atoms with Crippen molar-refractivity contribution in [3.8, 4) is 0 Å². The molecule has 0 aromatic carbocycles. The maximum atomic E-state index is 11.6. The zero-order valence-corrected chi connectivity index (χ0v) is 13.2. The van der Waals surface area contributed by atoms with E-state index in [2.05, 4.69) is 35.9 Å². The molecule has 0 radical (unpaired) electrons. The van der Waals surface area contributed by atoms with Gasteiger partial charge in [-0.1, -0.05) is 19.9 Å². The van der Waals surface area contributed by atoms with E-state index in [4.69, 9.17) is 0 Å².